The molecule has 1 rings (SSSR count). The molecule has 0 fully saturated rings. The summed E-state index contributed by atoms with van der Waals surface area (Å²) in [5.41, 5.74) is 0.989. The first-order valence-corrected chi connectivity index (χ1v) is 5.12. The Kier molecular flexibility index (Phi) is 4.00. The van der Waals surface area contributed by atoms with Gasteiger partial charge in [0, 0.05) is 4.47 Å². The number of carbonyl (C=O) groups is 1. The van der Waals surface area contributed by atoms with Crippen LogP contribution in [0.15, 0.2) is 28.7 Å². The van der Waals surface area contributed by atoms with E-state index >= 15 is 0 Å². The highest BCUT2D eigenvalue weighted by atomic mass is 127. The molecule has 0 spiro atoms. The molecule has 12 heavy (non-hydrogen) atoms. The van der Waals surface area contributed by atoms with E-state index in [9.17, 15) is 4.79 Å². The van der Waals surface area contributed by atoms with Crippen LogP contribution in [0.2, 0.25) is 0 Å². The topological polar surface area (TPSA) is 26.3 Å². The summed E-state index contributed by atoms with van der Waals surface area (Å²) in [7, 11) is 0. The molecule has 0 radical (unpaired) electrons. The van der Waals surface area contributed by atoms with Crippen LogP contribution in [0.5, 0.6) is 0 Å². The Morgan fingerprint density at radius 2 is 2.00 bits per heavy atom. The van der Waals surface area contributed by atoms with Crippen molar-refractivity contribution in [3.05, 3.63) is 34.3 Å². The van der Waals surface area contributed by atoms with Crippen LogP contribution in [0.4, 0.5) is 4.79 Å². The Bertz CT molecular complexity index is 271. The first-order chi connectivity index (χ1) is 5.68. The molecule has 0 N–H and O–H groups in total. The lowest BCUT2D eigenvalue weighted by molar-refractivity contribution is 0.172. The quantitative estimate of drug-likeness (QED) is 0.608. The average molecular weight is 341 g/mol. The highest BCUT2D eigenvalue weighted by Gasteiger charge is 1.96. The van der Waals surface area contributed by atoms with Gasteiger partial charge in [-0.15, -0.1) is 0 Å². The van der Waals surface area contributed by atoms with Crippen molar-refractivity contribution in [1.82, 2.24) is 0 Å². The van der Waals surface area contributed by atoms with Crippen LogP contribution in [-0.4, -0.2) is 3.98 Å². The first-order valence-electron chi connectivity index (χ1n) is 3.25. The van der Waals surface area contributed by atoms with Crippen LogP contribution < -0.4 is 0 Å². The van der Waals surface area contributed by atoms with Gasteiger partial charge in [-0.2, -0.15) is 0 Å². The molecule has 0 amide bonds. The van der Waals surface area contributed by atoms with Gasteiger partial charge in [0.2, 0.25) is 0 Å². The fraction of sp³-hybridized carbons (Fsp3) is 0.125. The summed E-state index contributed by atoms with van der Waals surface area (Å²) >= 11 is 4.92. The summed E-state index contributed by atoms with van der Waals surface area (Å²) in [6, 6.07) is 7.64. The molecule has 0 aromatic heterocycles. The van der Waals surface area contributed by atoms with E-state index < -0.39 is 0 Å². The normalized spacial score (nSPS) is 9.50. The van der Waals surface area contributed by atoms with E-state index in [1.165, 1.54) is 0 Å². The second-order valence-electron chi connectivity index (χ2n) is 2.15. The Morgan fingerprint density at radius 1 is 1.42 bits per heavy atom. The molecule has 4 heteroatoms. The Balaban J connectivity index is 2.53. The van der Waals surface area contributed by atoms with E-state index in [2.05, 4.69) is 15.9 Å². The number of benzene rings is 1. The number of ether oxygens (including phenoxy) is 1. The summed E-state index contributed by atoms with van der Waals surface area (Å²) in [5, 5.41) is 0. The average Bonchev–Trinajstić information content (AvgIpc) is 2.03. The lowest BCUT2D eigenvalue weighted by Gasteiger charge is -2.00. The number of carbonyl (C=O) groups excluding carboxylic acids is 1. The van der Waals surface area contributed by atoms with Gasteiger partial charge in [0.1, 0.15) is 6.61 Å². The third-order valence-corrected chi connectivity index (χ3v) is 2.11. The van der Waals surface area contributed by atoms with Crippen molar-refractivity contribution in [3.8, 4) is 0 Å². The summed E-state index contributed by atoms with van der Waals surface area (Å²) in [5.74, 6) is 0. The van der Waals surface area contributed by atoms with E-state index in [-0.39, 0.29) is 3.98 Å². The molecule has 0 atom stereocenters. The van der Waals surface area contributed by atoms with Gasteiger partial charge in [-0.1, -0.05) is 28.1 Å². The van der Waals surface area contributed by atoms with E-state index in [1.807, 2.05) is 24.3 Å². The summed E-state index contributed by atoms with van der Waals surface area (Å²) in [4.78, 5) is 10.4. The van der Waals surface area contributed by atoms with Crippen LogP contribution in [0, 0.1) is 0 Å². The largest absolute Gasteiger partial charge is 0.453 e. The van der Waals surface area contributed by atoms with Crippen molar-refractivity contribution >= 4 is 42.5 Å². The lowest BCUT2D eigenvalue weighted by atomic mass is 10.2. The fourth-order valence-corrected chi connectivity index (χ4v) is 1.14. The van der Waals surface area contributed by atoms with Crippen molar-refractivity contribution in [2.24, 2.45) is 0 Å². The highest BCUT2D eigenvalue weighted by molar-refractivity contribution is 14.1. The molecule has 1 aromatic carbocycles. The van der Waals surface area contributed by atoms with Crippen LogP contribution in [0.1, 0.15) is 5.56 Å². The second-order valence-corrected chi connectivity index (χ2v) is 3.95. The van der Waals surface area contributed by atoms with E-state index in [0.29, 0.717) is 6.61 Å². The minimum atomic E-state index is -0.282. The van der Waals surface area contributed by atoms with Crippen molar-refractivity contribution < 1.29 is 9.53 Å². The van der Waals surface area contributed by atoms with Crippen molar-refractivity contribution in [2.75, 3.05) is 0 Å². The van der Waals surface area contributed by atoms with Gasteiger partial charge in [0.05, 0.1) is 22.6 Å². The Morgan fingerprint density at radius 3 is 2.50 bits per heavy atom. The van der Waals surface area contributed by atoms with Crippen LogP contribution in [-0.2, 0) is 11.3 Å². The van der Waals surface area contributed by atoms with Gasteiger partial charge in [-0.3, -0.25) is 0 Å². The molecular formula is C8H6BrIO2. The van der Waals surface area contributed by atoms with Crippen molar-refractivity contribution in [3.63, 3.8) is 0 Å². The van der Waals surface area contributed by atoms with Crippen molar-refractivity contribution in [2.45, 2.75) is 6.61 Å². The smallest absolute Gasteiger partial charge is 0.367 e. The Hall–Kier alpha value is -0.100. The molecule has 0 bridgehead atoms. The number of hydrogen-bond donors (Lipinski definition) is 0. The molecule has 0 heterocycles. The summed E-state index contributed by atoms with van der Waals surface area (Å²) in [6.45, 7) is 0.342. The first kappa shape index (κ1) is 9.98. The van der Waals surface area contributed by atoms with E-state index in [0.717, 1.165) is 10.0 Å². The van der Waals surface area contributed by atoms with Gasteiger partial charge in [0.15, 0.2) is 0 Å². The number of rotatable bonds is 2. The molecule has 64 valence electrons. The third-order valence-electron chi connectivity index (χ3n) is 1.27. The second kappa shape index (κ2) is 4.81. The zero-order valence-electron chi connectivity index (χ0n) is 6.09. The minimum Gasteiger partial charge on any atom is -0.453 e. The number of halogens is 2. The van der Waals surface area contributed by atoms with Gasteiger partial charge >= 0.3 is 3.98 Å². The van der Waals surface area contributed by atoms with Gasteiger partial charge in [-0.05, 0) is 17.7 Å². The standard InChI is InChI=1S/C8H6BrIO2/c9-7-3-1-6(2-4-7)5-12-8(10)11/h1-4H,5H2. The van der Waals surface area contributed by atoms with Crippen LogP contribution in [0.25, 0.3) is 0 Å². The minimum absolute atomic E-state index is 0.282. The molecule has 0 aliphatic carbocycles. The monoisotopic (exact) mass is 340 g/mol. The maximum absolute atomic E-state index is 10.4. The summed E-state index contributed by atoms with van der Waals surface area (Å²) < 4.78 is 5.54. The Labute approximate surface area is 92.6 Å². The summed E-state index contributed by atoms with van der Waals surface area (Å²) in [6.07, 6.45) is 0. The maximum Gasteiger partial charge on any atom is 0.367 e. The highest BCUT2D eigenvalue weighted by Crippen LogP contribution is 2.11. The zero-order valence-corrected chi connectivity index (χ0v) is 9.83. The van der Waals surface area contributed by atoms with Crippen molar-refractivity contribution in [1.29, 1.82) is 0 Å². The van der Waals surface area contributed by atoms with E-state index in [1.54, 1.807) is 22.6 Å². The molecule has 0 aliphatic heterocycles. The molecule has 2 nitrogen and oxygen atoms in total. The SMILES string of the molecule is O=C(I)OCc1ccc(Br)cc1. The molecule has 0 aliphatic rings. The zero-order chi connectivity index (χ0) is 8.97. The lowest BCUT2D eigenvalue weighted by Crippen LogP contribution is -1.93. The van der Waals surface area contributed by atoms with Crippen LogP contribution >= 0.6 is 38.5 Å². The van der Waals surface area contributed by atoms with E-state index in [4.69, 9.17) is 4.74 Å². The molecule has 0 unspecified atom stereocenters. The predicted molar refractivity (Wildman–Crippen MR) is 58.3 cm³/mol. The van der Waals surface area contributed by atoms with Crippen LogP contribution in [0.3, 0.4) is 0 Å². The number of hydrogen-bond acceptors (Lipinski definition) is 2. The molecule has 1 aromatic rings. The molecular weight excluding hydrogens is 335 g/mol. The fourth-order valence-electron chi connectivity index (χ4n) is 0.721. The van der Waals surface area contributed by atoms with Gasteiger partial charge < -0.3 is 4.74 Å². The third kappa shape index (κ3) is 3.53. The molecule has 0 saturated carbocycles. The van der Waals surface area contributed by atoms with Gasteiger partial charge in [0.25, 0.3) is 0 Å². The molecule has 0 saturated heterocycles. The van der Waals surface area contributed by atoms with Gasteiger partial charge in [-0.25, -0.2) is 4.79 Å². The maximum atomic E-state index is 10.4. The predicted octanol–water partition coefficient (Wildman–Crippen LogP) is 3.52.